The molecule has 3 aliphatic rings. The standard InChI is InChI=1S/C21H31N7O/c1-24-8-3-9-26(13-12-24)21(29)16-14-27(15-16)20-17-5-10-25(2)11-6-18(17)23-19-4-7-22-28(19)20/h4,7,16H,3,5-6,8-15H2,1-2H3. The molecule has 0 spiro atoms. The van der Waals surface area contributed by atoms with Crippen LogP contribution in [0.5, 0.6) is 0 Å². The van der Waals surface area contributed by atoms with Gasteiger partial charge in [-0.1, -0.05) is 0 Å². The summed E-state index contributed by atoms with van der Waals surface area (Å²) in [6.07, 6.45) is 4.85. The van der Waals surface area contributed by atoms with Gasteiger partial charge in [0, 0.05) is 63.9 Å². The van der Waals surface area contributed by atoms with Crippen LogP contribution < -0.4 is 4.90 Å². The third kappa shape index (κ3) is 3.48. The van der Waals surface area contributed by atoms with Crippen LogP contribution in [0.4, 0.5) is 5.82 Å². The molecule has 0 aliphatic carbocycles. The Morgan fingerprint density at radius 3 is 2.66 bits per heavy atom. The fourth-order valence-electron chi connectivity index (χ4n) is 4.84. The number of carbonyl (C=O) groups is 1. The van der Waals surface area contributed by atoms with E-state index in [0.717, 1.165) is 83.1 Å². The van der Waals surface area contributed by atoms with Gasteiger partial charge in [0.15, 0.2) is 5.65 Å². The van der Waals surface area contributed by atoms with Gasteiger partial charge in [-0.15, -0.1) is 0 Å². The third-order valence-corrected chi connectivity index (χ3v) is 6.73. The van der Waals surface area contributed by atoms with Crippen LogP contribution in [0.15, 0.2) is 12.3 Å². The van der Waals surface area contributed by atoms with E-state index in [1.54, 1.807) is 0 Å². The molecule has 0 atom stereocenters. The average Bonchev–Trinajstić information content (AvgIpc) is 2.92. The SMILES string of the molecule is CN1CCc2nc3ccnn3c(N3CC(C(=O)N4CCCN(C)CC4)C3)c2CC1. The van der Waals surface area contributed by atoms with Crippen molar-refractivity contribution >= 4 is 17.4 Å². The highest BCUT2D eigenvalue weighted by Crippen LogP contribution is 2.32. The van der Waals surface area contributed by atoms with Crippen LogP contribution in [0.3, 0.4) is 0 Å². The molecule has 2 aromatic rings. The Morgan fingerprint density at radius 2 is 1.79 bits per heavy atom. The molecule has 5 rings (SSSR count). The van der Waals surface area contributed by atoms with Crippen LogP contribution in [0.2, 0.25) is 0 Å². The molecule has 5 heterocycles. The van der Waals surface area contributed by atoms with Gasteiger partial charge in [0.05, 0.1) is 17.8 Å². The molecule has 2 fully saturated rings. The largest absolute Gasteiger partial charge is 0.354 e. The Balaban J connectivity index is 1.36. The van der Waals surface area contributed by atoms with Crippen molar-refractivity contribution in [3.8, 4) is 0 Å². The monoisotopic (exact) mass is 397 g/mol. The van der Waals surface area contributed by atoms with E-state index >= 15 is 0 Å². The van der Waals surface area contributed by atoms with E-state index in [1.807, 2.05) is 16.8 Å². The van der Waals surface area contributed by atoms with Crippen LogP contribution in [-0.2, 0) is 17.6 Å². The lowest BCUT2D eigenvalue weighted by Crippen LogP contribution is -2.56. The number of anilines is 1. The molecule has 2 saturated heterocycles. The van der Waals surface area contributed by atoms with Crippen molar-refractivity contribution in [3.05, 3.63) is 23.5 Å². The van der Waals surface area contributed by atoms with Gasteiger partial charge in [0.1, 0.15) is 5.82 Å². The van der Waals surface area contributed by atoms with E-state index in [2.05, 4.69) is 38.8 Å². The quantitative estimate of drug-likeness (QED) is 0.729. The first-order valence-electron chi connectivity index (χ1n) is 10.9. The van der Waals surface area contributed by atoms with E-state index in [9.17, 15) is 4.79 Å². The molecule has 0 radical (unpaired) electrons. The Morgan fingerprint density at radius 1 is 1.00 bits per heavy atom. The summed E-state index contributed by atoms with van der Waals surface area (Å²) in [5.41, 5.74) is 3.42. The van der Waals surface area contributed by atoms with Crippen molar-refractivity contribution in [2.45, 2.75) is 19.3 Å². The van der Waals surface area contributed by atoms with E-state index in [0.29, 0.717) is 5.91 Å². The minimum absolute atomic E-state index is 0.0984. The van der Waals surface area contributed by atoms with Crippen LogP contribution in [-0.4, -0.2) is 102 Å². The van der Waals surface area contributed by atoms with Gasteiger partial charge >= 0.3 is 0 Å². The van der Waals surface area contributed by atoms with Gasteiger partial charge < -0.3 is 19.6 Å². The highest BCUT2D eigenvalue weighted by atomic mass is 16.2. The second-order valence-corrected chi connectivity index (χ2v) is 8.85. The molecule has 0 aromatic carbocycles. The summed E-state index contributed by atoms with van der Waals surface area (Å²) in [6.45, 7) is 7.43. The molecule has 0 unspecified atom stereocenters. The Bertz CT molecular complexity index is 904. The second-order valence-electron chi connectivity index (χ2n) is 8.85. The maximum atomic E-state index is 13.1. The fourth-order valence-corrected chi connectivity index (χ4v) is 4.84. The summed E-state index contributed by atoms with van der Waals surface area (Å²) in [5.74, 6) is 1.58. The highest BCUT2D eigenvalue weighted by molar-refractivity contribution is 5.82. The lowest BCUT2D eigenvalue weighted by Gasteiger charge is -2.42. The zero-order valence-corrected chi connectivity index (χ0v) is 17.5. The number of carbonyl (C=O) groups excluding carboxylic acids is 1. The van der Waals surface area contributed by atoms with E-state index in [-0.39, 0.29) is 5.92 Å². The Labute approximate surface area is 172 Å². The predicted molar refractivity (Wildman–Crippen MR) is 112 cm³/mol. The van der Waals surface area contributed by atoms with Gasteiger partial charge in [-0.3, -0.25) is 4.79 Å². The van der Waals surface area contributed by atoms with Gasteiger partial charge in [-0.05, 0) is 33.5 Å². The number of hydrogen-bond donors (Lipinski definition) is 0. The normalized spacial score (nSPS) is 22.3. The summed E-state index contributed by atoms with van der Waals surface area (Å²) in [4.78, 5) is 27.1. The first kappa shape index (κ1) is 18.8. The van der Waals surface area contributed by atoms with Gasteiger partial charge in [-0.2, -0.15) is 9.61 Å². The Kier molecular flexibility index (Phi) is 4.91. The van der Waals surface area contributed by atoms with Crippen LogP contribution in [0.1, 0.15) is 17.7 Å². The smallest absolute Gasteiger partial charge is 0.229 e. The first-order chi connectivity index (χ1) is 14.1. The summed E-state index contributed by atoms with van der Waals surface area (Å²) in [7, 11) is 4.31. The summed E-state index contributed by atoms with van der Waals surface area (Å²) in [6, 6.07) is 1.98. The third-order valence-electron chi connectivity index (χ3n) is 6.73. The molecule has 156 valence electrons. The first-order valence-corrected chi connectivity index (χ1v) is 10.9. The van der Waals surface area contributed by atoms with Crippen molar-refractivity contribution in [1.29, 1.82) is 0 Å². The minimum atomic E-state index is 0.0984. The van der Waals surface area contributed by atoms with E-state index in [1.165, 1.54) is 11.3 Å². The predicted octanol–water partition coefficient (Wildman–Crippen LogP) is 0.360. The Hall–Kier alpha value is -2.19. The molecular weight excluding hydrogens is 366 g/mol. The van der Waals surface area contributed by atoms with Crippen molar-refractivity contribution in [3.63, 3.8) is 0 Å². The zero-order chi connectivity index (χ0) is 20.0. The molecule has 8 heteroatoms. The maximum absolute atomic E-state index is 13.1. The zero-order valence-electron chi connectivity index (χ0n) is 17.5. The molecular formula is C21H31N7O. The van der Waals surface area contributed by atoms with Gasteiger partial charge in [0.2, 0.25) is 5.91 Å². The maximum Gasteiger partial charge on any atom is 0.229 e. The van der Waals surface area contributed by atoms with Crippen molar-refractivity contribution in [2.24, 2.45) is 5.92 Å². The van der Waals surface area contributed by atoms with Gasteiger partial charge in [0.25, 0.3) is 0 Å². The highest BCUT2D eigenvalue weighted by Gasteiger charge is 2.38. The van der Waals surface area contributed by atoms with Crippen molar-refractivity contribution in [2.75, 3.05) is 71.4 Å². The molecule has 0 saturated carbocycles. The van der Waals surface area contributed by atoms with Crippen LogP contribution in [0.25, 0.3) is 5.65 Å². The van der Waals surface area contributed by atoms with E-state index in [4.69, 9.17) is 4.98 Å². The number of hydrogen-bond acceptors (Lipinski definition) is 6. The molecule has 3 aliphatic heterocycles. The number of likely N-dealkylation sites (N-methyl/N-ethyl adjacent to an activating group) is 2. The minimum Gasteiger partial charge on any atom is -0.354 e. The van der Waals surface area contributed by atoms with Crippen LogP contribution in [0, 0.1) is 5.92 Å². The molecule has 0 N–H and O–H groups in total. The summed E-state index contributed by atoms with van der Waals surface area (Å²) >= 11 is 0. The molecule has 8 nitrogen and oxygen atoms in total. The topological polar surface area (TPSA) is 60.2 Å². The fraction of sp³-hybridized carbons (Fsp3) is 0.667. The number of aromatic nitrogens is 3. The number of amides is 1. The lowest BCUT2D eigenvalue weighted by molar-refractivity contribution is -0.136. The summed E-state index contributed by atoms with van der Waals surface area (Å²) < 4.78 is 1.98. The lowest BCUT2D eigenvalue weighted by atomic mass is 9.96. The summed E-state index contributed by atoms with van der Waals surface area (Å²) in [5, 5.41) is 4.56. The molecule has 29 heavy (non-hydrogen) atoms. The number of fused-ring (bicyclic) bond motifs is 2. The molecule has 0 bridgehead atoms. The van der Waals surface area contributed by atoms with Crippen LogP contribution >= 0.6 is 0 Å². The molecule has 2 aromatic heterocycles. The average molecular weight is 398 g/mol. The number of nitrogens with zero attached hydrogens (tertiary/aromatic N) is 7. The second kappa shape index (κ2) is 7.57. The van der Waals surface area contributed by atoms with Crippen molar-refractivity contribution in [1.82, 2.24) is 29.3 Å². The van der Waals surface area contributed by atoms with E-state index < -0.39 is 0 Å². The van der Waals surface area contributed by atoms with Crippen molar-refractivity contribution < 1.29 is 4.79 Å². The number of rotatable bonds is 2. The molecule has 1 amide bonds. The van der Waals surface area contributed by atoms with Gasteiger partial charge in [-0.25, -0.2) is 4.98 Å².